The van der Waals surface area contributed by atoms with E-state index in [0.29, 0.717) is 6.73 Å². The van der Waals surface area contributed by atoms with Crippen LogP contribution in [0.4, 0.5) is 0 Å². The molecular formula is C14H10N4O. The molecule has 0 bridgehead atoms. The smallest absolute Gasteiger partial charge is 0.167 e. The number of nitrogens with zero attached hydrogens (tertiary/aromatic N) is 4. The highest BCUT2D eigenvalue weighted by Crippen LogP contribution is 2.35. The van der Waals surface area contributed by atoms with Crippen LogP contribution in [0.5, 0.6) is 5.75 Å². The molecule has 0 aliphatic carbocycles. The molecule has 4 heterocycles. The molecule has 0 spiro atoms. The second kappa shape index (κ2) is 3.91. The van der Waals surface area contributed by atoms with Crippen LogP contribution < -0.4 is 4.74 Å². The lowest BCUT2D eigenvalue weighted by atomic mass is 10.2. The summed E-state index contributed by atoms with van der Waals surface area (Å²) < 4.78 is 7.78. The normalized spacial score (nSPS) is 12.4. The van der Waals surface area contributed by atoms with Crippen molar-refractivity contribution >= 4 is 0 Å². The molecule has 0 radical (unpaired) electrons. The Labute approximate surface area is 109 Å². The van der Waals surface area contributed by atoms with E-state index in [1.165, 1.54) is 0 Å². The Morgan fingerprint density at radius 3 is 2.74 bits per heavy atom. The highest BCUT2D eigenvalue weighted by atomic mass is 16.5. The van der Waals surface area contributed by atoms with Gasteiger partial charge in [-0.2, -0.15) is 0 Å². The second-order valence-corrected chi connectivity index (χ2v) is 4.28. The van der Waals surface area contributed by atoms with Crippen molar-refractivity contribution in [3.8, 4) is 28.4 Å². The lowest BCUT2D eigenvalue weighted by Gasteiger charge is -2.20. The molecule has 0 saturated heterocycles. The molecule has 0 aromatic carbocycles. The van der Waals surface area contributed by atoms with Gasteiger partial charge in [0.1, 0.15) is 11.6 Å². The maximum atomic E-state index is 5.74. The van der Waals surface area contributed by atoms with Crippen LogP contribution in [0.15, 0.2) is 49.2 Å². The van der Waals surface area contributed by atoms with E-state index >= 15 is 0 Å². The van der Waals surface area contributed by atoms with Crippen molar-refractivity contribution in [3.05, 3.63) is 49.2 Å². The third-order valence-corrected chi connectivity index (χ3v) is 3.20. The molecule has 0 fully saturated rings. The summed E-state index contributed by atoms with van der Waals surface area (Å²) >= 11 is 0. The van der Waals surface area contributed by atoms with E-state index in [2.05, 4.69) is 15.0 Å². The van der Waals surface area contributed by atoms with Crippen molar-refractivity contribution in [2.45, 2.75) is 6.73 Å². The molecule has 19 heavy (non-hydrogen) atoms. The highest BCUT2D eigenvalue weighted by Gasteiger charge is 2.21. The Kier molecular flexibility index (Phi) is 2.11. The van der Waals surface area contributed by atoms with Gasteiger partial charge in [-0.15, -0.1) is 0 Å². The summed E-state index contributed by atoms with van der Waals surface area (Å²) in [5.41, 5.74) is 3.02. The summed E-state index contributed by atoms with van der Waals surface area (Å²) in [6, 6.07) is 5.78. The fraction of sp³-hybridized carbons (Fsp3) is 0.0714. The van der Waals surface area contributed by atoms with E-state index in [4.69, 9.17) is 4.74 Å². The molecular weight excluding hydrogens is 240 g/mol. The lowest BCUT2D eigenvalue weighted by molar-refractivity contribution is 0.231. The van der Waals surface area contributed by atoms with Crippen LogP contribution in [0.1, 0.15) is 0 Å². The largest absolute Gasteiger partial charge is 0.472 e. The zero-order valence-electron chi connectivity index (χ0n) is 10.0. The molecule has 0 unspecified atom stereocenters. The first-order chi connectivity index (χ1) is 9.43. The summed E-state index contributed by atoms with van der Waals surface area (Å²) in [4.78, 5) is 12.7. The van der Waals surface area contributed by atoms with Crippen LogP contribution in [0.3, 0.4) is 0 Å². The van der Waals surface area contributed by atoms with E-state index in [1.54, 1.807) is 24.8 Å². The monoisotopic (exact) mass is 250 g/mol. The van der Waals surface area contributed by atoms with E-state index in [-0.39, 0.29) is 0 Å². The number of pyridine rings is 2. The summed E-state index contributed by atoms with van der Waals surface area (Å²) in [6.07, 6.45) is 8.91. The average molecular weight is 250 g/mol. The molecule has 5 nitrogen and oxygen atoms in total. The topological polar surface area (TPSA) is 52.8 Å². The third-order valence-electron chi connectivity index (χ3n) is 3.20. The molecule has 0 saturated carbocycles. The molecule has 1 aliphatic rings. The van der Waals surface area contributed by atoms with Crippen LogP contribution in [0.2, 0.25) is 0 Å². The van der Waals surface area contributed by atoms with Crippen LogP contribution in [0.25, 0.3) is 22.6 Å². The first-order valence-electron chi connectivity index (χ1n) is 5.96. The van der Waals surface area contributed by atoms with Crippen molar-refractivity contribution in [2.75, 3.05) is 0 Å². The van der Waals surface area contributed by atoms with Crippen LogP contribution >= 0.6 is 0 Å². The number of imidazole rings is 1. The van der Waals surface area contributed by atoms with Gasteiger partial charge < -0.3 is 4.74 Å². The zero-order valence-corrected chi connectivity index (χ0v) is 10.0. The van der Waals surface area contributed by atoms with Crippen LogP contribution in [0, 0.1) is 0 Å². The molecule has 5 heteroatoms. The minimum Gasteiger partial charge on any atom is -0.472 e. The molecule has 1 aliphatic heterocycles. The Morgan fingerprint density at radius 2 is 1.84 bits per heavy atom. The van der Waals surface area contributed by atoms with E-state index in [1.807, 2.05) is 29.0 Å². The van der Waals surface area contributed by atoms with E-state index in [9.17, 15) is 0 Å². The van der Waals surface area contributed by atoms with Crippen LogP contribution in [-0.4, -0.2) is 19.5 Å². The van der Waals surface area contributed by atoms with Crippen molar-refractivity contribution in [1.82, 2.24) is 19.5 Å². The SMILES string of the molecule is c1cc(-c2cnc3n2COc2ccncc2-3)ccn1. The minimum absolute atomic E-state index is 0.462. The van der Waals surface area contributed by atoms with Crippen molar-refractivity contribution in [2.24, 2.45) is 0 Å². The molecule has 4 rings (SSSR count). The maximum absolute atomic E-state index is 5.74. The number of ether oxygens (including phenoxy) is 1. The van der Waals surface area contributed by atoms with E-state index in [0.717, 1.165) is 28.4 Å². The number of fused-ring (bicyclic) bond motifs is 3. The number of aromatic nitrogens is 4. The number of hydrogen-bond acceptors (Lipinski definition) is 4. The Hall–Kier alpha value is -2.69. The fourth-order valence-corrected chi connectivity index (χ4v) is 2.28. The van der Waals surface area contributed by atoms with Crippen molar-refractivity contribution in [3.63, 3.8) is 0 Å². The second-order valence-electron chi connectivity index (χ2n) is 4.28. The van der Waals surface area contributed by atoms with Gasteiger partial charge in [-0.1, -0.05) is 0 Å². The summed E-state index contributed by atoms with van der Waals surface area (Å²) in [5.74, 6) is 1.72. The molecule has 92 valence electrons. The van der Waals surface area contributed by atoms with E-state index < -0.39 is 0 Å². The predicted octanol–water partition coefficient (Wildman–Crippen LogP) is 2.36. The Balaban J connectivity index is 1.91. The minimum atomic E-state index is 0.462. The first-order valence-corrected chi connectivity index (χ1v) is 5.96. The van der Waals surface area contributed by atoms with Gasteiger partial charge in [0, 0.05) is 30.4 Å². The van der Waals surface area contributed by atoms with Gasteiger partial charge in [-0.05, 0) is 18.2 Å². The Bertz CT molecular complexity index is 723. The average Bonchev–Trinajstić information content (AvgIpc) is 2.92. The molecule has 0 atom stereocenters. The molecule has 3 aromatic rings. The standard InChI is InChI=1S/C14H10N4O/c1-4-15-5-2-10(1)12-8-17-14-11-7-16-6-3-13(11)19-9-18(12)14/h1-8H,9H2. The zero-order chi connectivity index (χ0) is 12.7. The number of rotatable bonds is 1. The highest BCUT2D eigenvalue weighted by molar-refractivity contribution is 5.69. The van der Waals surface area contributed by atoms with Gasteiger partial charge in [-0.25, -0.2) is 4.98 Å². The fourth-order valence-electron chi connectivity index (χ4n) is 2.28. The molecule has 0 N–H and O–H groups in total. The van der Waals surface area contributed by atoms with Crippen molar-refractivity contribution in [1.29, 1.82) is 0 Å². The quantitative estimate of drug-likeness (QED) is 0.665. The van der Waals surface area contributed by atoms with Gasteiger partial charge in [0.25, 0.3) is 0 Å². The summed E-state index contributed by atoms with van der Waals surface area (Å²) in [6.45, 7) is 0.462. The predicted molar refractivity (Wildman–Crippen MR) is 69.3 cm³/mol. The number of hydrogen-bond donors (Lipinski definition) is 0. The van der Waals surface area contributed by atoms with Gasteiger partial charge in [-0.3, -0.25) is 14.5 Å². The van der Waals surface area contributed by atoms with Crippen molar-refractivity contribution < 1.29 is 4.74 Å². The first kappa shape index (κ1) is 10.3. The van der Waals surface area contributed by atoms with Gasteiger partial charge in [0.05, 0.1) is 17.5 Å². The van der Waals surface area contributed by atoms with Crippen LogP contribution in [-0.2, 0) is 6.73 Å². The maximum Gasteiger partial charge on any atom is 0.167 e. The van der Waals surface area contributed by atoms with Gasteiger partial charge in [0.15, 0.2) is 6.73 Å². The summed E-state index contributed by atoms with van der Waals surface area (Å²) in [7, 11) is 0. The van der Waals surface area contributed by atoms with Gasteiger partial charge >= 0.3 is 0 Å². The summed E-state index contributed by atoms with van der Waals surface area (Å²) in [5, 5.41) is 0. The molecule has 3 aromatic heterocycles. The lowest BCUT2D eigenvalue weighted by Crippen LogP contribution is -2.14. The third kappa shape index (κ3) is 1.52. The Morgan fingerprint density at radius 1 is 1.00 bits per heavy atom. The molecule has 0 amide bonds. The van der Waals surface area contributed by atoms with Gasteiger partial charge in [0.2, 0.25) is 0 Å².